The highest BCUT2D eigenvalue weighted by molar-refractivity contribution is 7.09. The van der Waals surface area contributed by atoms with Gasteiger partial charge >= 0.3 is 12.1 Å². The van der Waals surface area contributed by atoms with Crippen molar-refractivity contribution >= 4 is 17.3 Å². The molecule has 0 fully saturated rings. The number of aryl methyl sites for hydroxylation is 1. The van der Waals surface area contributed by atoms with Gasteiger partial charge in [-0.3, -0.25) is 9.69 Å². The van der Waals surface area contributed by atoms with Crippen molar-refractivity contribution in [2.45, 2.75) is 32.1 Å². The quantitative estimate of drug-likeness (QED) is 0.900. The fraction of sp³-hybridized carbons (Fsp3) is 0.600. The van der Waals surface area contributed by atoms with E-state index in [2.05, 4.69) is 4.98 Å². The Balaban J connectivity index is 2.76. The molecule has 0 saturated heterocycles. The monoisotopic (exact) mass is 282 g/mol. The number of rotatable bonds is 5. The van der Waals surface area contributed by atoms with E-state index in [1.54, 1.807) is 12.3 Å². The van der Waals surface area contributed by atoms with E-state index in [9.17, 15) is 18.0 Å². The van der Waals surface area contributed by atoms with Crippen molar-refractivity contribution in [3.05, 3.63) is 16.1 Å². The fourth-order valence-electron chi connectivity index (χ4n) is 1.53. The van der Waals surface area contributed by atoms with Gasteiger partial charge in [-0.05, 0) is 14.0 Å². The van der Waals surface area contributed by atoms with Crippen LogP contribution in [-0.2, 0) is 11.3 Å². The summed E-state index contributed by atoms with van der Waals surface area (Å²) in [6.07, 6.45) is -5.54. The lowest BCUT2D eigenvalue weighted by molar-refractivity contribution is -0.188. The molecule has 0 saturated carbocycles. The van der Waals surface area contributed by atoms with Gasteiger partial charge in [0.1, 0.15) is 6.04 Å². The average Bonchev–Trinajstić information content (AvgIpc) is 2.58. The molecule has 18 heavy (non-hydrogen) atoms. The van der Waals surface area contributed by atoms with Crippen LogP contribution in [0.3, 0.4) is 0 Å². The number of carboxylic acid groups (broad SMARTS) is 1. The second-order valence-electron chi connectivity index (χ2n) is 3.93. The summed E-state index contributed by atoms with van der Waals surface area (Å²) in [5, 5.41) is 11.0. The Morgan fingerprint density at radius 1 is 1.61 bits per heavy atom. The standard InChI is InChI=1S/C10H13F3N2O2S/c1-6-14-7(5-18-6)4-15(2)8(3-9(16)17)10(11,12)13/h5,8H,3-4H2,1-2H3,(H,16,17). The third-order valence-electron chi connectivity index (χ3n) is 2.36. The first-order chi connectivity index (χ1) is 8.20. The van der Waals surface area contributed by atoms with Gasteiger partial charge in [-0.15, -0.1) is 11.3 Å². The lowest BCUT2D eigenvalue weighted by Gasteiger charge is -2.28. The maximum atomic E-state index is 12.7. The maximum Gasteiger partial charge on any atom is 0.404 e. The first-order valence-electron chi connectivity index (χ1n) is 5.10. The van der Waals surface area contributed by atoms with E-state index in [0.717, 1.165) is 9.91 Å². The number of nitrogens with zero attached hydrogens (tertiary/aromatic N) is 2. The predicted octanol–water partition coefficient (Wildman–Crippen LogP) is 2.29. The lowest BCUT2D eigenvalue weighted by atomic mass is 10.1. The van der Waals surface area contributed by atoms with Crippen molar-refractivity contribution < 1.29 is 23.1 Å². The summed E-state index contributed by atoms with van der Waals surface area (Å²) in [6, 6.07) is -2.00. The van der Waals surface area contributed by atoms with E-state index in [4.69, 9.17) is 5.11 Å². The minimum atomic E-state index is -4.57. The number of alkyl halides is 3. The molecule has 1 rings (SSSR count). The molecule has 0 radical (unpaired) electrons. The van der Waals surface area contributed by atoms with Gasteiger partial charge in [0, 0.05) is 11.9 Å². The molecule has 102 valence electrons. The summed E-state index contributed by atoms with van der Waals surface area (Å²) in [5.41, 5.74) is 0.514. The largest absolute Gasteiger partial charge is 0.481 e. The van der Waals surface area contributed by atoms with Crippen molar-refractivity contribution in [3.63, 3.8) is 0 Å². The summed E-state index contributed by atoms with van der Waals surface area (Å²) < 4.78 is 38.1. The first kappa shape index (κ1) is 14.9. The zero-order valence-corrected chi connectivity index (χ0v) is 10.7. The Morgan fingerprint density at radius 2 is 2.22 bits per heavy atom. The Morgan fingerprint density at radius 3 is 2.61 bits per heavy atom. The van der Waals surface area contributed by atoms with Crippen LogP contribution in [0.25, 0.3) is 0 Å². The average molecular weight is 282 g/mol. The van der Waals surface area contributed by atoms with E-state index in [0.29, 0.717) is 5.69 Å². The SMILES string of the molecule is Cc1nc(CN(C)C(CC(=O)O)C(F)(F)F)cs1. The number of aromatic nitrogens is 1. The zero-order chi connectivity index (χ0) is 13.9. The van der Waals surface area contributed by atoms with Gasteiger partial charge < -0.3 is 5.11 Å². The number of carboxylic acids is 1. The summed E-state index contributed by atoms with van der Waals surface area (Å²) in [5.74, 6) is -1.47. The molecule has 0 aliphatic heterocycles. The molecule has 1 heterocycles. The lowest BCUT2D eigenvalue weighted by Crippen LogP contribution is -2.44. The Kier molecular flexibility index (Phi) is 4.69. The van der Waals surface area contributed by atoms with Gasteiger partial charge in [0.15, 0.2) is 0 Å². The van der Waals surface area contributed by atoms with Gasteiger partial charge in [0.05, 0.1) is 17.1 Å². The van der Waals surface area contributed by atoms with Crippen LogP contribution in [0.4, 0.5) is 13.2 Å². The smallest absolute Gasteiger partial charge is 0.404 e. The van der Waals surface area contributed by atoms with Crippen molar-refractivity contribution in [1.82, 2.24) is 9.88 Å². The van der Waals surface area contributed by atoms with Crippen LogP contribution in [0.1, 0.15) is 17.1 Å². The van der Waals surface area contributed by atoms with Crippen LogP contribution in [-0.4, -0.2) is 40.2 Å². The molecule has 0 bridgehead atoms. The molecule has 0 aliphatic rings. The van der Waals surface area contributed by atoms with E-state index < -0.39 is 24.6 Å². The Labute approximate surface area is 106 Å². The number of carbonyl (C=O) groups is 1. The van der Waals surface area contributed by atoms with Gasteiger partial charge in [-0.2, -0.15) is 13.2 Å². The molecule has 0 aromatic carbocycles. The number of hydrogen-bond acceptors (Lipinski definition) is 4. The van der Waals surface area contributed by atoms with Crippen molar-refractivity contribution in [2.24, 2.45) is 0 Å². The van der Waals surface area contributed by atoms with Crippen LogP contribution < -0.4 is 0 Å². The minimum Gasteiger partial charge on any atom is -0.481 e. The zero-order valence-electron chi connectivity index (χ0n) is 9.86. The van der Waals surface area contributed by atoms with E-state index in [-0.39, 0.29) is 6.54 Å². The molecule has 4 nitrogen and oxygen atoms in total. The third kappa shape index (κ3) is 4.26. The maximum absolute atomic E-state index is 12.7. The third-order valence-corrected chi connectivity index (χ3v) is 3.18. The number of aliphatic carboxylic acids is 1. The highest BCUT2D eigenvalue weighted by atomic mass is 32.1. The van der Waals surface area contributed by atoms with Gasteiger partial charge in [0.25, 0.3) is 0 Å². The number of hydrogen-bond donors (Lipinski definition) is 1. The van der Waals surface area contributed by atoms with Crippen LogP contribution in [0.2, 0.25) is 0 Å². The normalized spacial score (nSPS) is 13.9. The molecule has 1 aromatic rings. The van der Waals surface area contributed by atoms with E-state index in [1.165, 1.54) is 18.4 Å². The molecule has 1 N–H and O–H groups in total. The van der Waals surface area contributed by atoms with E-state index in [1.807, 2.05) is 0 Å². The van der Waals surface area contributed by atoms with E-state index >= 15 is 0 Å². The topological polar surface area (TPSA) is 53.4 Å². The number of halogens is 3. The highest BCUT2D eigenvalue weighted by Crippen LogP contribution is 2.27. The highest BCUT2D eigenvalue weighted by Gasteiger charge is 2.43. The van der Waals surface area contributed by atoms with Crippen molar-refractivity contribution in [3.8, 4) is 0 Å². The molecule has 1 aromatic heterocycles. The summed E-state index contributed by atoms with van der Waals surface area (Å²) in [7, 11) is 1.25. The molecule has 8 heteroatoms. The Bertz CT molecular complexity index is 420. The molecule has 1 unspecified atom stereocenters. The molecule has 0 amide bonds. The molecular formula is C10H13F3N2O2S. The summed E-state index contributed by atoms with van der Waals surface area (Å²) >= 11 is 1.34. The van der Waals surface area contributed by atoms with Gasteiger partial charge in [-0.25, -0.2) is 4.98 Å². The van der Waals surface area contributed by atoms with Crippen LogP contribution in [0.5, 0.6) is 0 Å². The summed E-state index contributed by atoms with van der Waals surface area (Å²) in [6.45, 7) is 1.73. The first-order valence-corrected chi connectivity index (χ1v) is 5.98. The van der Waals surface area contributed by atoms with Crippen molar-refractivity contribution in [1.29, 1.82) is 0 Å². The second kappa shape index (κ2) is 5.66. The molecule has 1 atom stereocenters. The fourth-order valence-corrected chi connectivity index (χ4v) is 2.14. The van der Waals surface area contributed by atoms with Crippen LogP contribution in [0, 0.1) is 6.92 Å². The van der Waals surface area contributed by atoms with Gasteiger partial charge in [0.2, 0.25) is 0 Å². The van der Waals surface area contributed by atoms with Gasteiger partial charge in [-0.1, -0.05) is 0 Å². The molecule has 0 aliphatic carbocycles. The van der Waals surface area contributed by atoms with Crippen LogP contribution >= 0.6 is 11.3 Å². The minimum absolute atomic E-state index is 0.0260. The second-order valence-corrected chi connectivity index (χ2v) is 4.99. The van der Waals surface area contributed by atoms with Crippen molar-refractivity contribution in [2.75, 3.05) is 7.05 Å². The summed E-state index contributed by atoms with van der Waals surface area (Å²) in [4.78, 5) is 15.5. The molecular weight excluding hydrogens is 269 g/mol. The van der Waals surface area contributed by atoms with Crippen LogP contribution in [0.15, 0.2) is 5.38 Å². The molecule has 0 spiro atoms. The Hall–Kier alpha value is -1.15. The number of thiazole rings is 1. The predicted molar refractivity (Wildman–Crippen MR) is 60.4 cm³/mol.